The summed E-state index contributed by atoms with van der Waals surface area (Å²) in [6, 6.07) is 6.31. The normalized spacial score (nSPS) is 13.4. The Balaban J connectivity index is 1.64. The summed E-state index contributed by atoms with van der Waals surface area (Å²) in [4.78, 5) is 52.5. The van der Waals surface area contributed by atoms with Crippen LogP contribution in [0.2, 0.25) is 0 Å². The molecule has 1 aliphatic heterocycles. The molecule has 2 rings (SSSR count). The number of hydrogen-bond acceptors (Lipinski definition) is 6. The van der Waals surface area contributed by atoms with Crippen LogP contribution in [0.3, 0.4) is 0 Å². The summed E-state index contributed by atoms with van der Waals surface area (Å²) < 4.78 is 5.11. The molecule has 0 spiro atoms. The molecule has 1 N–H and O–H groups in total. The van der Waals surface area contributed by atoms with Gasteiger partial charge in [-0.3, -0.25) is 9.59 Å². The Morgan fingerprint density at radius 1 is 1.00 bits per heavy atom. The summed E-state index contributed by atoms with van der Waals surface area (Å²) in [5.74, 6) is -1.92. The SMILES string of the molecule is CC(C)(C)OC(=O)NCCCCCC(=O)ON1C(=O)c2ccccc2C1=O. The van der Waals surface area contributed by atoms with E-state index in [1.807, 2.05) is 0 Å². The van der Waals surface area contributed by atoms with E-state index in [1.165, 1.54) is 12.1 Å². The fourth-order valence-electron chi connectivity index (χ4n) is 2.47. The predicted molar refractivity (Wildman–Crippen MR) is 95.7 cm³/mol. The summed E-state index contributed by atoms with van der Waals surface area (Å²) in [5, 5.41) is 3.14. The van der Waals surface area contributed by atoms with Gasteiger partial charge in [0.05, 0.1) is 11.1 Å². The number of carbonyl (C=O) groups excluding carboxylic acids is 4. The maximum absolute atomic E-state index is 12.1. The molecule has 0 aromatic heterocycles. The van der Waals surface area contributed by atoms with Crippen LogP contribution in [0.15, 0.2) is 24.3 Å². The van der Waals surface area contributed by atoms with Crippen molar-refractivity contribution in [3.05, 3.63) is 35.4 Å². The second-order valence-electron chi connectivity index (χ2n) is 7.15. The minimum absolute atomic E-state index is 0.0693. The summed E-state index contributed by atoms with van der Waals surface area (Å²) in [7, 11) is 0. The number of nitrogens with one attached hydrogen (secondary N) is 1. The standard InChI is InChI=1S/C19H24N2O6/c1-19(2,3)26-18(25)20-12-8-4-5-11-15(22)27-21-16(23)13-9-6-7-10-14(13)17(21)24/h6-7,9-10H,4-5,8,11-12H2,1-3H3,(H,20,25). The van der Waals surface area contributed by atoms with Gasteiger partial charge in [0.25, 0.3) is 11.8 Å². The highest BCUT2D eigenvalue weighted by Crippen LogP contribution is 2.23. The molecule has 0 atom stereocenters. The number of ether oxygens (including phenoxy) is 1. The number of amides is 3. The van der Waals surface area contributed by atoms with Gasteiger partial charge < -0.3 is 14.9 Å². The van der Waals surface area contributed by atoms with E-state index in [2.05, 4.69) is 5.32 Å². The number of hydroxylamine groups is 2. The first kappa shape index (κ1) is 20.4. The lowest BCUT2D eigenvalue weighted by molar-refractivity contribution is -0.168. The van der Waals surface area contributed by atoms with Gasteiger partial charge in [-0.05, 0) is 45.7 Å². The van der Waals surface area contributed by atoms with Crippen molar-refractivity contribution in [3.63, 3.8) is 0 Å². The Labute approximate surface area is 157 Å². The van der Waals surface area contributed by atoms with Crippen molar-refractivity contribution < 1.29 is 28.8 Å². The summed E-state index contributed by atoms with van der Waals surface area (Å²) in [5.41, 5.74) is -0.0928. The van der Waals surface area contributed by atoms with Crippen LogP contribution in [0.5, 0.6) is 0 Å². The Kier molecular flexibility index (Phi) is 6.55. The third-order valence-corrected chi connectivity index (χ3v) is 3.68. The first-order valence-electron chi connectivity index (χ1n) is 8.84. The number of rotatable bonds is 7. The quantitative estimate of drug-likeness (QED) is 0.580. The zero-order valence-corrected chi connectivity index (χ0v) is 15.7. The number of imide groups is 1. The highest BCUT2D eigenvalue weighted by molar-refractivity contribution is 6.20. The van der Waals surface area contributed by atoms with Gasteiger partial charge in [-0.1, -0.05) is 23.6 Å². The number of carbonyl (C=O) groups is 4. The van der Waals surface area contributed by atoms with Crippen LogP contribution in [0.4, 0.5) is 4.79 Å². The van der Waals surface area contributed by atoms with Gasteiger partial charge in [0.2, 0.25) is 0 Å². The molecule has 0 saturated carbocycles. The van der Waals surface area contributed by atoms with Gasteiger partial charge in [0.15, 0.2) is 0 Å². The summed E-state index contributed by atoms with van der Waals surface area (Å²) in [6.07, 6.45) is 1.44. The average molecular weight is 376 g/mol. The van der Waals surface area contributed by atoms with Crippen LogP contribution in [-0.4, -0.2) is 41.1 Å². The second kappa shape index (κ2) is 8.66. The van der Waals surface area contributed by atoms with Gasteiger partial charge in [-0.2, -0.15) is 0 Å². The number of alkyl carbamates (subject to hydrolysis) is 1. The highest BCUT2D eigenvalue weighted by atomic mass is 16.7. The molecular formula is C19H24N2O6. The first-order chi connectivity index (χ1) is 12.7. The van der Waals surface area contributed by atoms with E-state index in [4.69, 9.17) is 9.57 Å². The zero-order valence-electron chi connectivity index (χ0n) is 15.7. The Morgan fingerprint density at radius 2 is 1.59 bits per heavy atom. The Hall–Kier alpha value is -2.90. The molecule has 1 aromatic rings. The van der Waals surface area contributed by atoms with Crippen LogP contribution >= 0.6 is 0 Å². The third kappa shape index (κ3) is 5.80. The predicted octanol–water partition coefficient (Wildman–Crippen LogP) is 2.83. The minimum atomic E-state index is -0.649. The Morgan fingerprint density at radius 3 is 2.15 bits per heavy atom. The fourth-order valence-corrected chi connectivity index (χ4v) is 2.47. The van der Waals surface area contributed by atoms with E-state index in [9.17, 15) is 19.2 Å². The van der Waals surface area contributed by atoms with E-state index in [-0.39, 0.29) is 17.5 Å². The molecular weight excluding hydrogens is 352 g/mol. The third-order valence-electron chi connectivity index (χ3n) is 3.68. The van der Waals surface area contributed by atoms with Crippen molar-refractivity contribution in [3.8, 4) is 0 Å². The monoisotopic (exact) mass is 376 g/mol. The lowest BCUT2D eigenvalue weighted by Gasteiger charge is -2.19. The topological polar surface area (TPSA) is 102 Å². The lowest BCUT2D eigenvalue weighted by Crippen LogP contribution is -2.33. The zero-order chi connectivity index (χ0) is 20.0. The van der Waals surface area contributed by atoms with E-state index >= 15 is 0 Å². The molecule has 1 aromatic carbocycles. The van der Waals surface area contributed by atoms with Crippen molar-refractivity contribution >= 4 is 23.9 Å². The van der Waals surface area contributed by atoms with Crippen molar-refractivity contribution in [2.45, 2.75) is 52.1 Å². The van der Waals surface area contributed by atoms with Gasteiger partial charge in [-0.25, -0.2) is 9.59 Å². The number of fused-ring (bicyclic) bond motifs is 1. The molecule has 0 unspecified atom stereocenters. The minimum Gasteiger partial charge on any atom is -0.444 e. The number of unbranched alkanes of at least 4 members (excludes halogenated alkanes) is 2. The molecule has 1 aliphatic rings. The molecule has 3 amide bonds. The molecule has 0 aliphatic carbocycles. The van der Waals surface area contributed by atoms with Crippen LogP contribution in [0.25, 0.3) is 0 Å². The molecule has 0 saturated heterocycles. The largest absolute Gasteiger partial charge is 0.444 e. The van der Waals surface area contributed by atoms with Crippen molar-refractivity contribution in [1.82, 2.24) is 10.4 Å². The van der Waals surface area contributed by atoms with E-state index in [0.717, 1.165) is 0 Å². The van der Waals surface area contributed by atoms with Crippen LogP contribution in [0, 0.1) is 0 Å². The maximum atomic E-state index is 12.1. The smallest absolute Gasteiger partial charge is 0.407 e. The maximum Gasteiger partial charge on any atom is 0.407 e. The summed E-state index contributed by atoms with van der Waals surface area (Å²) >= 11 is 0. The molecule has 0 bridgehead atoms. The van der Waals surface area contributed by atoms with E-state index in [1.54, 1.807) is 32.9 Å². The van der Waals surface area contributed by atoms with Crippen molar-refractivity contribution in [2.75, 3.05) is 6.54 Å². The number of benzene rings is 1. The molecule has 8 heteroatoms. The van der Waals surface area contributed by atoms with Gasteiger partial charge in [0.1, 0.15) is 5.60 Å². The fraction of sp³-hybridized carbons (Fsp3) is 0.474. The molecule has 0 radical (unpaired) electrons. The average Bonchev–Trinajstić information content (AvgIpc) is 2.82. The van der Waals surface area contributed by atoms with Crippen LogP contribution in [0.1, 0.15) is 67.2 Å². The number of nitrogens with zero attached hydrogens (tertiary/aromatic N) is 1. The van der Waals surface area contributed by atoms with Gasteiger partial charge in [-0.15, -0.1) is 0 Å². The highest BCUT2D eigenvalue weighted by Gasteiger charge is 2.38. The molecule has 146 valence electrons. The molecule has 27 heavy (non-hydrogen) atoms. The van der Waals surface area contributed by atoms with E-state index < -0.39 is 29.5 Å². The van der Waals surface area contributed by atoms with Crippen LogP contribution < -0.4 is 5.32 Å². The van der Waals surface area contributed by atoms with Gasteiger partial charge in [0, 0.05) is 13.0 Å². The first-order valence-corrected chi connectivity index (χ1v) is 8.84. The molecule has 0 fully saturated rings. The number of hydrogen-bond donors (Lipinski definition) is 1. The van der Waals surface area contributed by atoms with Crippen molar-refractivity contribution in [2.24, 2.45) is 0 Å². The summed E-state index contributed by atoms with van der Waals surface area (Å²) in [6.45, 7) is 5.79. The Bertz CT molecular complexity index is 703. The molecule has 1 heterocycles. The van der Waals surface area contributed by atoms with E-state index in [0.29, 0.717) is 30.9 Å². The van der Waals surface area contributed by atoms with Crippen molar-refractivity contribution in [1.29, 1.82) is 0 Å². The molecule has 8 nitrogen and oxygen atoms in total. The second-order valence-corrected chi connectivity index (χ2v) is 7.15. The van der Waals surface area contributed by atoms with Crippen LogP contribution in [-0.2, 0) is 14.4 Å². The van der Waals surface area contributed by atoms with Gasteiger partial charge >= 0.3 is 12.1 Å². The lowest BCUT2D eigenvalue weighted by atomic mass is 10.1.